The van der Waals surface area contributed by atoms with Crippen molar-refractivity contribution in [2.45, 2.75) is 19.4 Å². The van der Waals surface area contributed by atoms with Crippen LogP contribution in [0.15, 0.2) is 18.2 Å². The molecule has 96 valence electrons. The SMILES string of the molecule is Cc1c(Cl)cccc1N1CCC(N(C)CC#N)C1. The van der Waals surface area contributed by atoms with E-state index in [1.807, 2.05) is 19.2 Å². The molecule has 1 aliphatic heterocycles. The highest BCUT2D eigenvalue weighted by molar-refractivity contribution is 6.31. The van der Waals surface area contributed by atoms with Gasteiger partial charge in [0, 0.05) is 29.8 Å². The normalized spacial score (nSPS) is 19.3. The molecular formula is C14H18ClN3. The van der Waals surface area contributed by atoms with Gasteiger partial charge in [0.2, 0.25) is 0 Å². The van der Waals surface area contributed by atoms with Crippen molar-refractivity contribution < 1.29 is 0 Å². The van der Waals surface area contributed by atoms with E-state index in [1.54, 1.807) is 0 Å². The summed E-state index contributed by atoms with van der Waals surface area (Å²) in [5, 5.41) is 9.56. The van der Waals surface area contributed by atoms with Crippen LogP contribution in [0.3, 0.4) is 0 Å². The van der Waals surface area contributed by atoms with Crippen molar-refractivity contribution in [1.82, 2.24) is 4.90 Å². The standard InChI is InChI=1S/C14H18ClN3/c1-11-13(15)4-3-5-14(11)18-8-6-12(10-18)17(2)9-7-16/h3-5,12H,6,8-10H2,1-2H3. The van der Waals surface area contributed by atoms with E-state index in [0.717, 1.165) is 30.1 Å². The summed E-state index contributed by atoms with van der Waals surface area (Å²) in [5.41, 5.74) is 2.36. The van der Waals surface area contributed by atoms with Gasteiger partial charge >= 0.3 is 0 Å². The van der Waals surface area contributed by atoms with E-state index in [4.69, 9.17) is 16.9 Å². The van der Waals surface area contributed by atoms with E-state index in [2.05, 4.69) is 28.9 Å². The predicted octanol–water partition coefficient (Wildman–Crippen LogP) is 2.68. The monoisotopic (exact) mass is 263 g/mol. The minimum atomic E-state index is 0.461. The third-order valence-corrected chi connectivity index (χ3v) is 4.10. The maximum Gasteiger partial charge on any atom is 0.0866 e. The van der Waals surface area contributed by atoms with E-state index < -0.39 is 0 Å². The number of nitrogens with zero attached hydrogens (tertiary/aromatic N) is 3. The quantitative estimate of drug-likeness (QED) is 0.786. The van der Waals surface area contributed by atoms with Crippen LogP contribution in [-0.4, -0.2) is 37.6 Å². The number of nitriles is 1. The average Bonchev–Trinajstić information content (AvgIpc) is 2.82. The fourth-order valence-corrected chi connectivity index (χ4v) is 2.67. The van der Waals surface area contributed by atoms with Crippen molar-refractivity contribution in [2.75, 3.05) is 31.6 Å². The molecule has 0 amide bonds. The molecule has 0 aliphatic carbocycles. The molecule has 18 heavy (non-hydrogen) atoms. The van der Waals surface area contributed by atoms with Gasteiger partial charge in [0.15, 0.2) is 0 Å². The number of likely N-dealkylation sites (N-methyl/N-ethyl adjacent to an activating group) is 1. The van der Waals surface area contributed by atoms with Crippen LogP contribution in [0, 0.1) is 18.3 Å². The van der Waals surface area contributed by atoms with Crippen molar-refractivity contribution in [2.24, 2.45) is 0 Å². The zero-order valence-electron chi connectivity index (χ0n) is 10.9. The average molecular weight is 264 g/mol. The van der Waals surface area contributed by atoms with E-state index in [9.17, 15) is 0 Å². The van der Waals surface area contributed by atoms with Gasteiger partial charge in [-0.15, -0.1) is 0 Å². The van der Waals surface area contributed by atoms with Crippen LogP contribution in [0.1, 0.15) is 12.0 Å². The van der Waals surface area contributed by atoms with Crippen LogP contribution in [0.25, 0.3) is 0 Å². The molecule has 3 nitrogen and oxygen atoms in total. The number of hydrogen-bond donors (Lipinski definition) is 0. The van der Waals surface area contributed by atoms with Crippen LogP contribution in [0.5, 0.6) is 0 Å². The maximum atomic E-state index is 8.74. The van der Waals surface area contributed by atoms with Crippen molar-refractivity contribution >= 4 is 17.3 Å². The Hall–Kier alpha value is -1.24. The molecule has 0 N–H and O–H groups in total. The van der Waals surface area contributed by atoms with Crippen molar-refractivity contribution in [3.8, 4) is 6.07 Å². The molecule has 1 atom stereocenters. The smallest absolute Gasteiger partial charge is 0.0866 e. The molecule has 1 unspecified atom stereocenters. The lowest BCUT2D eigenvalue weighted by molar-refractivity contribution is 0.289. The Balaban J connectivity index is 2.09. The molecule has 1 heterocycles. The third-order valence-electron chi connectivity index (χ3n) is 3.69. The van der Waals surface area contributed by atoms with Crippen LogP contribution < -0.4 is 4.90 Å². The highest BCUT2D eigenvalue weighted by Gasteiger charge is 2.26. The predicted molar refractivity (Wildman–Crippen MR) is 75.1 cm³/mol. The summed E-state index contributed by atoms with van der Waals surface area (Å²) in [4.78, 5) is 4.49. The Labute approximate surface area is 114 Å². The zero-order chi connectivity index (χ0) is 13.1. The topological polar surface area (TPSA) is 30.3 Å². The summed E-state index contributed by atoms with van der Waals surface area (Å²) in [6.45, 7) is 4.55. The molecule has 1 saturated heterocycles. The molecule has 0 aromatic heterocycles. The first-order valence-corrected chi connectivity index (χ1v) is 6.58. The Bertz CT molecular complexity index is 467. The molecular weight excluding hydrogens is 246 g/mol. The maximum absolute atomic E-state index is 8.74. The van der Waals surface area contributed by atoms with Crippen LogP contribution in [0.2, 0.25) is 5.02 Å². The second-order valence-electron chi connectivity index (χ2n) is 4.85. The van der Waals surface area contributed by atoms with E-state index in [0.29, 0.717) is 12.6 Å². The second-order valence-corrected chi connectivity index (χ2v) is 5.25. The largest absolute Gasteiger partial charge is 0.370 e. The van der Waals surface area contributed by atoms with Crippen molar-refractivity contribution in [3.05, 3.63) is 28.8 Å². The van der Waals surface area contributed by atoms with Gasteiger partial charge in [-0.2, -0.15) is 5.26 Å². The fraction of sp³-hybridized carbons (Fsp3) is 0.500. The van der Waals surface area contributed by atoms with Gasteiger partial charge in [-0.25, -0.2) is 0 Å². The molecule has 1 aromatic carbocycles. The molecule has 1 aliphatic rings. The highest BCUT2D eigenvalue weighted by atomic mass is 35.5. The minimum absolute atomic E-state index is 0.461. The fourth-order valence-electron chi connectivity index (χ4n) is 2.50. The summed E-state index contributed by atoms with van der Waals surface area (Å²) < 4.78 is 0. The van der Waals surface area contributed by atoms with Crippen LogP contribution in [-0.2, 0) is 0 Å². The molecule has 4 heteroatoms. The van der Waals surface area contributed by atoms with E-state index in [1.165, 1.54) is 5.69 Å². The number of benzene rings is 1. The lowest BCUT2D eigenvalue weighted by Gasteiger charge is -2.24. The summed E-state index contributed by atoms with van der Waals surface area (Å²) in [6.07, 6.45) is 1.10. The summed E-state index contributed by atoms with van der Waals surface area (Å²) in [5.74, 6) is 0. The van der Waals surface area contributed by atoms with Gasteiger partial charge in [0.25, 0.3) is 0 Å². The number of rotatable bonds is 3. The van der Waals surface area contributed by atoms with Gasteiger partial charge in [-0.05, 0) is 38.1 Å². The first-order chi connectivity index (χ1) is 8.63. The van der Waals surface area contributed by atoms with E-state index >= 15 is 0 Å². The van der Waals surface area contributed by atoms with Crippen molar-refractivity contribution in [3.63, 3.8) is 0 Å². The minimum Gasteiger partial charge on any atom is -0.370 e. The summed E-state index contributed by atoms with van der Waals surface area (Å²) in [6, 6.07) is 8.71. The first kappa shape index (κ1) is 13.2. The third kappa shape index (κ3) is 2.60. The Morgan fingerprint density at radius 1 is 1.56 bits per heavy atom. The van der Waals surface area contributed by atoms with Gasteiger partial charge in [0.05, 0.1) is 12.6 Å². The molecule has 0 spiro atoms. The molecule has 2 rings (SSSR count). The molecule has 0 bridgehead atoms. The van der Waals surface area contributed by atoms with Gasteiger partial charge in [-0.1, -0.05) is 17.7 Å². The number of anilines is 1. The lowest BCUT2D eigenvalue weighted by Crippen LogP contribution is -2.34. The van der Waals surface area contributed by atoms with Crippen LogP contribution >= 0.6 is 11.6 Å². The molecule has 1 aromatic rings. The lowest BCUT2D eigenvalue weighted by atomic mass is 10.2. The first-order valence-electron chi connectivity index (χ1n) is 6.20. The van der Waals surface area contributed by atoms with Crippen molar-refractivity contribution in [1.29, 1.82) is 5.26 Å². The summed E-state index contributed by atoms with van der Waals surface area (Å²) >= 11 is 6.16. The molecule has 1 fully saturated rings. The Kier molecular flexibility index (Phi) is 4.11. The Morgan fingerprint density at radius 3 is 3.06 bits per heavy atom. The van der Waals surface area contributed by atoms with Gasteiger partial charge < -0.3 is 4.90 Å². The molecule has 0 saturated carbocycles. The second kappa shape index (κ2) is 5.60. The number of halogens is 1. The zero-order valence-corrected chi connectivity index (χ0v) is 11.6. The highest BCUT2D eigenvalue weighted by Crippen LogP contribution is 2.29. The Morgan fingerprint density at radius 2 is 2.33 bits per heavy atom. The van der Waals surface area contributed by atoms with Gasteiger partial charge in [-0.3, -0.25) is 4.90 Å². The van der Waals surface area contributed by atoms with Gasteiger partial charge in [0.1, 0.15) is 0 Å². The number of hydrogen-bond acceptors (Lipinski definition) is 3. The van der Waals surface area contributed by atoms with Crippen LogP contribution in [0.4, 0.5) is 5.69 Å². The summed E-state index contributed by atoms with van der Waals surface area (Å²) in [7, 11) is 2.02. The molecule has 0 radical (unpaired) electrons. The van der Waals surface area contributed by atoms with E-state index in [-0.39, 0.29) is 0 Å².